The maximum atomic E-state index is 11.2. The Labute approximate surface area is 161 Å². The van der Waals surface area contributed by atoms with Crippen molar-refractivity contribution in [3.05, 3.63) is 64.5 Å². The van der Waals surface area contributed by atoms with Crippen LogP contribution in [0.2, 0.25) is 5.02 Å². The van der Waals surface area contributed by atoms with E-state index in [2.05, 4.69) is 22.8 Å². The third-order valence-corrected chi connectivity index (χ3v) is 5.16. The van der Waals surface area contributed by atoms with E-state index in [0.29, 0.717) is 18.0 Å². The van der Waals surface area contributed by atoms with Crippen LogP contribution in [0.15, 0.2) is 54.6 Å². The first-order chi connectivity index (χ1) is 12.5. The topological polar surface area (TPSA) is 50.4 Å². The summed E-state index contributed by atoms with van der Waals surface area (Å²) in [7, 11) is 1.59. The molecule has 0 saturated heterocycles. The van der Waals surface area contributed by atoms with Crippen molar-refractivity contribution in [3.63, 3.8) is 0 Å². The predicted octanol–water partition coefficient (Wildman–Crippen LogP) is 5.65. The quantitative estimate of drug-likeness (QED) is 0.575. The van der Waals surface area contributed by atoms with E-state index < -0.39 is 0 Å². The van der Waals surface area contributed by atoms with Gasteiger partial charge in [-0.25, -0.2) is 0 Å². The molecular formula is C20H19ClN2O2S. The molecule has 1 heterocycles. The molecule has 0 unspecified atom stereocenters. The van der Waals surface area contributed by atoms with E-state index in [1.54, 1.807) is 18.4 Å². The molecule has 0 bridgehead atoms. The van der Waals surface area contributed by atoms with Crippen LogP contribution in [0.5, 0.6) is 5.75 Å². The number of carbonyl (C=O) groups excluding carboxylic acids is 1. The summed E-state index contributed by atoms with van der Waals surface area (Å²) in [4.78, 5) is 13.7. The summed E-state index contributed by atoms with van der Waals surface area (Å²) < 4.78 is 5.35. The lowest BCUT2D eigenvalue weighted by molar-refractivity contribution is -0.114. The zero-order valence-electron chi connectivity index (χ0n) is 14.5. The fourth-order valence-corrected chi connectivity index (χ4v) is 3.60. The van der Waals surface area contributed by atoms with Crippen molar-refractivity contribution in [2.24, 2.45) is 0 Å². The molecule has 26 heavy (non-hydrogen) atoms. The monoisotopic (exact) mass is 386 g/mol. The van der Waals surface area contributed by atoms with Crippen molar-refractivity contribution in [3.8, 4) is 16.2 Å². The molecule has 0 spiro atoms. The second-order valence-electron chi connectivity index (χ2n) is 5.72. The highest BCUT2D eigenvalue weighted by Gasteiger charge is 2.07. The summed E-state index contributed by atoms with van der Waals surface area (Å²) in [6, 6.07) is 17.7. The molecule has 2 aromatic carbocycles. The van der Waals surface area contributed by atoms with Crippen molar-refractivity contribution in [2.75, 3.05) is 17.7 Å². The number of thiophene rings is 1. The molecule has 3 aromatic rings. The Kier molecular flexibility index (Phi) is 5.81. The number of nitrogens with one attached hydrogen (secondary N) is 2. The lowest BCUT2D eigenvalue weighted by Gasteiger charge is -2.12. The number of hydrogen-bond donors (Lipinski definition) is 2. The number of ether oxygens (including phenoxy) is 1. The number of benzene rings is 2. The SMILES string of the molecule is COc1cc(NCc2ccc(-c3ccc(Cl)cc3)s2)ccc1NC(C)=O. The molecule has 1 aromatic heterocycles. The Morgan fingerprint density at radius 2 is 1.88 bits per heavy atom. The third kappa shape index (κ3) is 4.56. The van der Waals surface area contributed by atoms with E-state index in [-0.39, 0.29) is 5.91 Å². The first kappa shape index (κ1) is 18.3. The fourth-order valence-electron chi connectivity index (χ4n) is 2.53. The minimum Gasteiger partial charge on any atom is -0.494 e. The van der Waals surface area contributed by atoms with Crippen LogP contribution in [-0.4, -0.2) is 13.0 Å². The van der Waals surface area contributed by atoms with Gasteiger partial charge in [0.1, 0.15) is 5.75 Å². The van der Waals surface area contributed by atoms with Crippen LogP contribution in [0.1, 0.15) is 11.8 Å². The molecule has 3 rings (SSSR count). The summed E-state index contributed by atoms with van der Waals surface area (Å²) in [5.41, 5.74) is 2.75. The highest BCUT2D eigenvalue weighted by molar-refractivity contribution is 7.15. The molecular weight excluding hydrogens is 368 g/mol. The van der Waals surface area contributed by atoms with Crippen molar-refractivity contribution in [1.29, 1.82) is 0 Å². The molecule has 0 radical (unpaired) electrons. The van der Waals surface area contributed by atoms with Crippen LogP contribution in [0.25, 0.3) is 10.4 Å². The second-order valence-corrected chi connectivity index (χ2v) is 7.33. The van der Waals surface area contributed by atoms with Gasteiger partial charge >= 0.3 is 0 Å². The number of rotatable bonds is 6. The van der Waals surface area contributed by atoms with Gasteiger partial charge in [0.2, 0.25) is 5.91 Å². The second kappa shape index (κ2) is 8.25. The molecule has 0 fully saturated rings. The molecule has 2 N–H and O–H groups in total. The summed E-state index contributed by atoms with van der Waals surface area (Å²) in [6.07, 6.45) is 0. The average Bonchev–Trinajstić information content (AvgIpc) is 3.10. The number of halogens is 1. The van der Waals surface area contributed by atoms with Gasteiger partial charge in [0, 0.05) is 40.0 Å². The largest absolute Gasteiger partial charge is 0.494 e. The number of hydrogen-bond acceptors (Lipinski definition) is 4. The highest BCUT2D eigenvalue weighted by Crippen LogP contribution is 2.31. The van der Waals surface area contributed by atoms with Gasteiger partial charge in [0.15, 0.2) is 0 Å². The van der Waals surface area contributed by atoms with Crippen molar-refractivity contribution in [2.45, 2.75) is 13.5 Å². The third-order valence-electron chi connectivity index (χ3n) is 3.77. The minimum absolute atomic E-state index is 0.127. The molecule has 134 valence electrons. The maximum absolute atomic E-state index is 11.2. The Bertz CT molecular complexity index is 906. The number of carbonyl (C=O) groups is 1. The van der Waals surface area contributed by atoms with Crippen LogP contribution in [0.3, 0.4) is 0 Å². The fraction of sp³-hybridized carbons (Fsp3) is 0.150. The van der Waals surface area contributed by atoms with Crippen molar-refractivity contribution in [1.82, 2.24) is 0 Å². The van der Waals surface area contributed by atoms with Crippen LogP contribution >= 0.6 is 22.9 Å². The summed E-state index contributed by atoms with van der Waals surface area (Å²) in [5.74, 6) is 0.496. The Morgan fingerprint density at radius 3 is 2.58 bits per heavy atom. The van der Waals surface area contributed by atoms with E-state index >= 15 is 0 Å². The van der Waals surface area contributed by atoms with E-state index in [1.807, 2.05) is 42.5 Å². The Morgan fingerprint density at radius 1 is 1.12 bits per heavy atom. The van der Waals surface area contributed by atoms with Crippen LogP contribution in [-0.2, 0) is 11.3 Å². The van der Waals surface area contributed by atoms with Crippen LogP contribution < -0.4 is 15.4 Å². The summed E-state index contributed by atoms with van der Waals surface area (Å²) >= 11 is 7.68. The summed E-state index contributed by atoms with van der Waals surface area (Å²) in [6.45, 7) is 2.18. The van der Waals surface area contributed by atoms with Gasteiger partial charge in [0.25, 0.3) is 0 Å². The average molecular weight is 387 g/mol. The van der Waals surface area contributed by atoms with Gasteiger partial charge < -0.3 is 15.4 Å². The molecule has 0 aliphatic carbocycles. The van der Waals surface area contributed by atoms with Crippen molar-refractivity contribution >= 4 is 40.2 Å². The van der Waals surface area contributed by atoms with E-state index in [9.17, 15) is 4.79 Å². The molecule has 0 aliphatic heterocycles. The van der Waals surface area contributed by atoms with E-state index in [0.717, 1.165) is 16.3 Å². The van der Waals surface area contributed by atoms with Crippen LogP contribution in [0, 0.1) is 0 Å². The predicted molar refractivity (Wildman–Crippen MR) is 109 cm³/mol. The lowest BCUT2D eigenvalue weighted by atomic mass is 10.2. The molecule has 6 heteroatoms. The Hall–Kier alpha value is -2.50. The van der Waals surface area contributed by atoms with Gasteiger partial charge in [-0.3, -0.25) is 4.79 Å². The molecule has 0 atom stereocenters. The first-order valence-corrected chi connectivity index (χ1v) is 9.29. The van der Waals surface area contributed by atoms with Crippen molar-refractivity contribution < 1.29 is 9.53 Å². The lowest BCUT2D eigenvalue weighted by Crippen LogP contribution is -2.07. The standard InChI is InChI=1S/C20H19ClN2O2S/c1-13(24)23-18-9-7-16(11-19(18)25-2)22-12-17-8-10-20(26-17)14-3-5-15(21)6-4-14/h3-11,22H,12H2,1-2H3,(H,23,24). The maximum Gasteiger partial charge on any atom is 0.221 e. The van der Waals surface area contributed by atoms with Gasteiger partial charge in [-0.1, -0.05) is 23.7 Å². The number of methoxy groups -OCH3 is 1. The Balaban J connectivity index is 1.67. The van der Waals surface area contributed by atoms with Gasteiger partial charge in [-0.15, -0.1) is 11.3 Å². The summed E-state index contributed by atoms with van der Waals surface area (Å²) in [5, 5.41) is 6.88. The normalized spacial score (nSPS) is 10.4. The molecule has 0 aliphatic rings. The minimum atomic E-state index is -0.127. The molecule has 4 nitrogen and oxygen atoms in total. The van der Waals surface area contributed by atoms with Gasteiger partial charge in [-0.2, -0.15) is 0 Å². The van der Waals surface area contributed by atoms with Crippen LogP contribution in [0.4, 0.5) is 11.4 Å². The zero-order chi connectivity index (χ0) is 18.5. The van der Waals surface area contributed by atoms with E-state index in [4.69, 9.17) is 16.3 Å². The smallest absolute Gasteiger partial charge is 0.221 e. The first-order valence-electron chi connectivity index (χ1n) is 8.09. The van der Waals surface area contributed by atoms with E-state index in [1.165, 1.54) is 16.7 Å². The number of anilines is 2. The van der Waals surface area contributed by atoms with Gasteiger partial charge in [-0.05, 0) is 42.0 Å². The number of amides is 1. The zero-order valence-corrected chi connectivity index (χ0v) is 16.1. The molecule has 1 amide bonds. The van der Waals surface area contributed by atoms with Gasteiger partial charge in [0.05, 0.1) is 12.8 Å². The molecule has 0 saturated carbocycles. The highest BCUT2D eigenvalue weighted by atomic mass is 35.5.